The zero-order chi connectivity index (χ0) is 13.1. The maximum atomic E-state index is 10.7. The van der Waals surface area contributed by atoms with E-state index in [-0.39, 0.29) is 5.69 Å². The van der Waals surface area contributed by atoms with E-state index in [4.69, 9.17) is 5.11 Å². The van der Waals surface area contributed by atoms with E-state index in [0.717, 1.165) is 5.69 Å². The molecule has 1 N–H and O–H groups in total. The Morgan fingerprint density at radius 2 is 1.83 bits per heavy atom. The third kappa shape index (κ3) is 2.45. The van der Waals surface area contributed by atoms with Gasteiger partial charge in [-0.2, -0.15) is 0 Å². The molecule has 18 heavy (non-hydrogen) atoms. The van der Waals surface area contributed by atoms with Gasteiger partial charge in [-0.3, -0.25) is 0 Å². The Labute approximate surface area is 105 Å². The van der Waals surface area contributed by atoms with Gasteiger partial charge in [0.15, 0.2) is 11.5 Å². The van der Waals surface area contributed by atoms with Crippen LogP contribution in [0.25, 0.3) is 0 Å². The van der Waals surface area contributed by atoms with Gasteiger partial charge in [0, 0.05) is 12.7 Å². The van der Waals surface area contributed by atoms with Crippen molar-refractivity contribution < 1.29 is 9.90 Å². The molecule has 5 nitrogen and oxygen atoms in total. The predicted molar refractivity (Wildman–Crippen MR) is 68.2 cm³/mol. The van der Waals surface area contributed by atoms with Gasteiger partial charge in [-0.15, -0.1) is 0 Å². The van der Waals surface area contributed by atoms with E-state index in [1.165, 1.54) is 18.0 Å². The standard InChI is InChI=1S/C13H13N3O2/c1-9-3-5-10(6-4-9)16(2)12-8-14-11(7-15-12)13(17)18/h3-8H,1-2H3,(H,17,18). The largest absolute Gasteiger partial charge is 0.476 e. The van der Waals surface area contributed by atoms with Crippen molar-refractivity contribution in [1.82, 2.24) is 9.97 Å². The van der Waals surface area contributed by atoms with Gasteiger partial charge in [-0.05, 0) is 19.1 Å². The summed E-state index contributed by atoms with van der Waals surface area (Å²) < 4.78 is 0. The Morgan fingerprint density at radius 3 is 2.33 bits per heavy atom. The number of aromatic nitrogens is 2. The van der Waals surface area contributed by atoms with Gasteiger partial charge in [0.2, 0.25) is 0 Å². The predicted octanol–water partition coefficient (Wildman–Crippen LogP) is 2.25. The highest BCUT2D eigenvalue weighted by molar-refractivity contribution is 5.85. The summed E-state index contributed by atoms with van der Waals surface area (Å²) in [7, 11) is 1.86. The molecule has 92 valence electrons. The Morgan fingerprint density at radius 1 is 1.17 bits per heavy atom. The van der Waals surface area contributed by atoms with Crippen molar-refractivity contribution in [3.05, 3.63) is 47.9 Å². The van der Waals surface area contributed by atoms with Crippen LogP contribution in [0, 0.1) is 6.92 Å². The van der Waals surface area contributed by atoms with Gasteiger partial charge in [-0.1, -0.05) is 17.7 Å². The first-order chi connectivity index (χ1) is 8.58. The average Bonchev–Trinajstić information content (AvgIpc) is 2.39. The van der Waals surface area contributed by atoms with Crippen molar-refractivity contribution in [3.8, 4) is 0 Å². The van der Waals surface area contributed by atoms with E-state index in [1.54, 1.807) is 0 Å². The zero-order valence-corrected chi connectivity index (χ0v) is 10.2. The lowest BCUT2D eigenvalue weighted by Gasteiger charge is -2.17. The van der Waals surface area contributed by atoms with Crippen molar-refractivity contribution in [3.63, 3.8) is 0 Å². The number of hydrogen-bond donors (Lipinski definition) is 1. The Balaban J connectivity index is 2.25. The lowest BCUT2D eigenvalue weighted by atomic mass is 10.2. The van der Waals surface area contributed by atoms with Crippen LogP contribution in [0.3, 0.4) is 0 Å². The summed E-state index contributed by atoms with van der Waals surface area (Å²) in [6.07, 6.45) is 2.70. The minimum atomic E-state index is -1.08. The number of hydrogen-bond acceptors (Lipinski definition) is 4. The van der Waals surface area contributed by atoms with Crippen molar-refractivity contribution in [2.24, 2.45) is 0 Å². The Kier molecular flexibility index (Phi) is 3.23. The first kappa shape index (κ1) is 12.0. The van der Waals surface area contributed by atoms with Crippen molar-refractivity contribution >= 4 is 17.5 Å². The normalized spacial score (nSPS) is 10.1. The number of carboxylic acids is 1. The van der Waals surface area contributed by atoms with Crippen LogP contribution in [0.15, 0.2) is 36.7 Å². The van der Waals surface area contributed by atoms with Gasteiger partial charge in [-0.25, -0.2) is 14.8 Å². The zero-order valence-electron chi connectivity index (χ0n) is 10.2. The third-order valence-corrected chi connectivity index (χ3v) is 2.62. The van der Waals surface area contributed by atoms with Crippen molar-refractivity contribution in [2.45, 2.75) is 6.92 Å². The molecule has 0 amide bonds. The van der Waals surface area contributed by atoms with Gasteiger partial charge in [0.25, 0.3) is 0 Å². The molecule has 0 spiro atoms. The van der Waals surface area contributed by atoms with Crippen LogP contribution >= 0.6 is 0 Å². The molecule has 1 aromatic heterocycles. The van der Waals surface area contributed by atoms with Gasteiger partial charge < -0.3 is 10.0 Å². The summed E-state index contributed by atoms with van der Waals surface area (Å²) in [4.78, 5) is 20.4. The van der Waals surface area contributed by atoms with Crippen LogP contribution in [-0.4, -0.2) is 28.1 Å². The second-order valence-electron chi connectivity index (χ2n) is 3.96. The van der Waals surface area contributed by atoms with Crippen LogP contribution in [0.5, 0.6) is 0 Å². The first-order valence-electron chi connectivity index (χ1n) is 5.43. The van der Waals surface area contributed by atoms with E-state index in [1.807, 2.05) is 43.1 Å². The van der Waals surface area contributed by atoms with Crippen LogP contribution in [0.4, 0.5) is 11.5 Å². The maximum Gasteiger partial charge on any atom is 0.356 e. The molecule has 0 fully saturated rings. The Bertz CT molecular complexity index is 549. The van der Waals surface area contributed by atoms with Gasteiger partial charge in [0.1, 0.15) is 0 Å². The monoisotopic (exact) mass is 243 g/mol. The van der Waals surface area contributed by atoms with Crippen molar-refractivity contribution in [1.29, 1.82) is 0 Å². The van der Waals surface area contributed by atoms with Gasteiger partial charge in [0.05, 0.1) is 12.4 Å². The molecule has 0 aliphatic heterocycles. The highest BCUT2D eigenvalue weighted by Crippen LogP contribution is 2.20. The SMILES string of the molecule is Cc1ccc(N(C)c2cnc(C(=O)O)cn2)cc1. The van der Waals surface area contributed by atoms with E-state index in [9.17, 15) is 4.79 Å². The molecular weight excluding hydrogens is 230 g/mol. The maximum absolute atomic E-state index is 10.7. The van der Waals surface area contributed by atoms with E-state index < -0.39 is 5.97 Å². The molecule has 0 unspecified atom stereocenters. The molecule has 0 bridgehead atoms. The topological polar surface area (TPSA) is 66.3 Å². The lowest BCUT2D eigenvalue weighted by Crippen LogP contribution is -2.12. The molecule has 1 aromatic carbocycles. The van der Waals surface area contributed by atoms with Crippen LogP contribution in [0.1, 0.15) is 16.1 Å². The van der Waals surface area contributed by atoms with Crippen molar-refractivity contribution in [2.75, 3.05) is 11.9 Å². The highest BCUT2D eigenvalue weighted by Gasteiger charge is 2.08. The van der Waals surface area contributed by atoms with Crippen LogP contribution in [0.2, 0.25) is 0 Å². The molecule has 0 aliphatic carbocycles. The van der Waals surface area contributed by atoms with E-state index in [2.05, 4.69) is 9.97 Å². The summed E-state index contributed by atoms with van der Waals surface area (Å²) in [5.74, 6) is -0.476. The quantitative estimate of drug-likeness (QED) is 0.895. The molecule has 0 aliphatic rings. The fraction of sp³-hybridized carbons (Fsp3) is 0.154. The summed E-state index contributed by atoms with van der Waals surface area (Å²) in [5, 5.41) is 8.75. The van der Waals surface area contributed by atoms with Crippen LogP contribution in [-0.2, 0) is 0 Å². The van der Waals surface area contributed by atoms with E-state index >= 15 is 0 Å². The molecule has 0 atom stereocenters. The molecule has 1 heterocycles. The number of anilines is 2. The molecule has 2 aromatic rings. The average molecular weight is 243 g/mol. The van der Waals surface area contributed by atoms with E-state index in [0.29, 0.717) is 5.82 Å². The minimum absolute atomic E-state index is 0.0592. The number of rotatable bonds is 3. The molecule has 0 saturated carbocycles. The number of nitrogens with zero attached hydrogens (tertiary/aromatic N) is 3. The second-order valence-corrected chi connectivity index (χ2v) is 3.96. The smallest absolute Gasteiger partial charge is 0.356 e. The number of carbonyl (C=O) groups is 1. The number of aryl methyl sites for hydroxylation is 1. The third-order valence-electron chi connectivity index (χ3n) is 2.62. The van der Waals surface area contributed by atoms with Gasteiger partial charge >= 0.3 is 5.97 Å². The lowest BCUT2D eigenvalue weighted by molar-refractivity contribution is 0.0690. The molecule has 0 saturated heterocycles. The fourth-order valence-electron chi connectivity index (χ4n) is 1.51. The first-order valence-corrected chi connectivity index (χ1v) is 5.43. The molecule has 5 heteroatoms. The Hall–Kier alpha value is -2.43. The summed E-state index contributed by atoms with van der Waals surface area (Å²) in [6, 6.07) is 7.96. The van der Waals surface area contributed by atoms with Crippen LogP contribution < -0.4 is 4.90 Å². The number of carboxylic acid groups (broad SMARTS) is 1. The number of benzene rings is 1. The molecule has 2 rings (SSSR count). The summed E-state index contributed by atoms with van der Waals surface area (Å²) >= 11 is 0. The number of aromatic carboxylic acids is 1. The molecular formula is C13H13N3O2. The summed E-state index contributed by atoms with van der Waals surface area (Å²) in [6.45, 7) is 2.02. The second kappa shape index (κ2) is 4.83. The highest BCUT2D eigenvalue weighted by atomic mass is 16.4. The molecule has 0 radical (unpaired) electrons. The summed E-state index contributed by atoms with van der Waals surface area (Å²) in [5.41, 5.74) is 2.09. The fourth-order valence-corrected chi connectivity index (χ4v) is 1.51. The minimum Gasteiger partial charge on any atom is -0.476 e.